The number of carboxylic acids is 1. The molecule has 0 aliphatic heterocycles. The summed E-state index contributed by atoms with van der Waals surface area (Å²) >= 11 is 5.75. The van der Waals surface area contributed by atoms with Crippen LogP contribution in [-0.2, 0) is 4.79 Å². The third-order valence-electron chi connectivity index (χ3n) is 2.05. The van der Waals surface area contributed by atoms with Crippen LogP contribution < -0.4 is 5.32 Å². The fourth-order valence-corrected chi connectivity index (χ4v) is 1.34. The minimum Gasteiger partial charge on any atom is -0.480 e. The number of nitrogens with one attached hydrogen (secondary N) is 1. The Morgan fingerprint density at radius 1 is 1.53 bits per heavy atom. The zero-order chi connectivity index (χ0) is 13.0. The van der Waals surface area contributed by atoms with Crippen molar-refractivity contribution in [3.63, 3.8) is 0 Å². The molecule has 1 rings (SSSR count). The SMILES string of the molecule is CC(O)C(NC(=O)c1cnccc1Cl)C(=O)O. The highest BCUT2D eigenvalue weighted by molar-refractivity contribution is 6.33. The van der Waals surface area contributed by atoms with Gasteiger partial charge in [0.25, 0.3) is 5.91 Å². The summed E-state index contributed by atoms with van der Waals surface area (Å²) in [7, 11) is 0. The second-order valence-electron chi connectivity index (χ2n) is 3.39. The largest absolute Gasteiger partial charge is 0.480 e. The van der Waals surface area contributed by atoms with Crippen molar-refractivity contribution in [2.45, 2.75) is 19.1 Å². The quantitative estimate of drug-likeness (QED) is 0.721. The van der Waals surface area contributed by atoms with Crippen LogP contribution in [-0.4, -0.2) is 39.2 Å². The Morgan fingerprint density at radius 3 is 2.65 bits per heavy atom. The zero-order valence-corrected chi connectivity index (χ0v) is 9.68. The Bertz CT molecular complexity index is 436. The van der Waals surface area contributed by atoms with E-state index in [1.165, 1.54) is 25.4 Å². The van der Waals surface area contributed by atoms with Crippen molar-refractivity contribution < 1.29 is 19.8 Å². The zero-order valence-electron chi connectivity index (χ0n) is 8.92. The molecular formula is C10H11ClN2O4. The molecule has 0 bridgehead atoms. The lowest BCUT2D eigenvalue weighted by molar-refractivity contribution is -0.141. The van der Waals surface area contributed by atoms with Crippen molar-refractivity contribution in [2.24, 2.45) is 0 Å². The Labute approximate surface area is 102 Å². The summed E-state index contributed by atoms with van der Waals surface area (Å²) < 4.78 is 0. The van der Waals surface area contributed by atoms with Crippen molar-refractivity contribution in [1.29, 1.82) is 0 Å². The highest BCUT2D eigenvalue weighted by Crippen LogP contribution is 2.13. The standard InChI is InChI=1S/C10H11ClN2O4/c1-5(14)8(10(16)17)13-9(15)6-4-12-3-2-7(6)11/h2-5,8,14H,1H3,(H,13,15)(H,16,17). The molecule has 0 spiro atoms. The van der Waals surface area contributed by atoms with Crippen LogP contribution in [0.5, 0.6) is 0 Å². The third kappa shape index (κ3) is 3.40. The van der Waals surface area contributed by atoms with Gasteiger partial charge in [0, 0.05) is 12.4 Å². The van der Waals surface area contributed by atoms with Gasteiger partial charge in [-0.25, -0.2) is 4.79 Å². The fraction of sp³-hybridized carbons (Fsp3) is 0.300. The van der Waals surface area contributed by atoms with E-state index in [1.807, 2.05) is 0 Å². The first-order valence-electron chi connectivity index (χ1n) is 4.74. The topological polar surface area (TPSA) is 99.5 Å². The van der Waals surface area contributed by atoms with E-state index in [-0.39, 0.29) is 10.6 Å². The van der Waals surface area contributed by atoms with Gasteiger partial charge in [-0.2, -0.15) is 0 Å². The number of aliphatic hydroxyl groups is 1. The van der Waals surface area contributed by atoms with E-state index < -0.39 is 24.0 Å². The number of aliphatic hydroxyl groups excluding tert-OH is 1. The summed E-state index contributed by atoms with van der Waals surface area (Å²) in [5.74, 6) is -2.02. The van der Waals surface area contributed by atoms with Crippen LogP contribution in [0.2, 0.25) is 5.02 Å². The van der Waals surface area contributed by atoms with Gasteiger partial charge in [0.15, 0.2) is 6.04 Å². The van der Waals surface area contributed by atoms with E-state index in [0.29, 0.717) is 0 Å². The summed E-state index contributed by atoms with van der Waals surface area (Å²) in [6.07, 6.45) is 1.41. The Hall–Kier alpha value is -1.66. The van der Waals surface area contributed by atoms with Crippen LogP contribution in [0.4, 0.5) is 0 Å². The maximum Gasteiger partial charge on any atom is 0.328 e. The number of aromatic nitrogens is 1. The van der Waals surface area contributed by atoms with Gasteiger partial charge < -0.3 is 15.5 Å². The number of hydrogen-bond donors (Lipinski definition) is 3. The lowest BCUT2D eigenvalue weighted by Crippen LogP contribution is -2.47. The Kier molecular flexibility index (Phi) is 4.42. The normalized spacial score (nSPS) is 13.8. The van der Waals surface area contributed by atoms with Crippen LogP contribution in [0.15, 0.2) is 18.5 Å². The van der Waals surface area contributed by atoms with Crippen molar-refractivity contribution in [3.05, 3.63) is 29.0 Å². The summed E-state index contributed by atoms with van der Waals surface area (Å²) in [5.41, 5.74) is 0.0565. The smallest absolute Gasteiger partial charge is 0.328 e. The molecule has 0 aliphatic carbocycles. The summed E-state index contributed by atoms with van der Waals surface area (Å²) in [5, 5.41) is 20.3. The molecular weight excluding hydrogens is 248 g/mol. The van der Waals surface area contributed by atoms with Crippen LogP contribution in [0.25, 0.3) is 0 Å². The van der Waals surface area contributed by atoms with E-state index in [0.717, 1.165) is 0 Å². The van der Waals surface area contributed by atoms with Gasteiger partial charge in [-0.1, -0.05) is 11.6 Å². The molecule has 1 aromatic heterocycles. The highest BCUT2D eigenvalue weighted by atomic mass is 35.5. The molecule has 2 atom stereocenters. The van der Waals surface area contributed by atoms with Gasteiger partial charge in [-0.15, -0.1) is 0 Å². The number of carbonyl (C=O) groups excluding carboxylic acids is 1. The number of nitrogens with zero attached hydrogens (tertiary/aromatic N) is 1. The van der Waals surface area contributed by atoms with E-state index in [9.17, 15) is 14.7 Å². The van der Waals surface area contributed by atoms with Gasteiger partial charge in [-0.3, -0.25) is 9.78 Å². The molecule has 7 heteroatoms. The van der Waals surface area contributed by atoms with Crippen LogP contribution in [0, 0.1) is 0 Å². The predicted molar refractivity (Wildman–Crippen MR) is 59.8 cm³/mol. The summed E-state index contributed by atoms with van der Waals surface area (Å²) in [4.78, 5) is 26.2. The van der Waals surface area contributed by atoms with E-state index >= 15 is 0 Å². The number of carboxylic acid groups (broad SMARTS) is 1. The average molecular weight is 259 g/mol. The molecule has 1 heterocycles. The van der Waals surface area contributed by atoms with Crippen molar-refractivity contribution in [2.75, 3.05) is 0 Å². The number of halogens is 1. The second-order valence-corrected chi connectivity index (χ2v) is 3.79. The first-order chi connectivity index (χ1) is 7.93. The first kappa shape index (κ1) is 13.4. The molecule has 0 saturated carbocycles. The van der Waals surface area contributed by atoms with Gasteiger partial charge in [0.2, 0.25) is 0 Å². The van der Waals surface area contributed by atoms with Crippen LogP contribution in [0.1, 0.15) is 17.3 Å². The molecule has 2 unspecified atom stereocenters. The minimum absolute atomic E-state index is 0.0565. The molecule has 17 heavy (non-hydrogen) atoms. The Balaban J connectivity index is 2.85. The Morgan fingerprint density at radius 2 is 2.18 bits per heavy atom. The van der Waals surface area contributed by atoms with E-state index in [1.54, 1.807) is 0 Å². The molecule has 0 fully saturated rings. The summed E-state index contributed by atoms with van der Waals surface area (Å²) in [6.45, 7) is 1.27. The highest BCUT2D eigenvalue weighted by Gasteiger charge is 2.26. The number of carbonyl (C=O) groups is 2. The lowest BCUT2D eigenvalue weighted by atomic mass is 10.1. The molecule has 0 aliphatic rings. The molecule has 0 aromatic carbocycles. The molecule has 92 valence electrons. The molecule has 0 saturated heterocycles. The maximum atomic E-state index is 11.7. The number of amides is 1. The first-order valence-corrected chi connectivity index (χ1v) is 5.12. The molecule has 1 aromatic rings. The second kappa shape index (κ2) is 5.60. The van der Waals surface area contributed by atoms with E-state index in [4.69, 9.17) is 16.7 Å². The number of pyridine rings is 1. The molecule has 1 amide bonds. The summed E-state index contributed by atoms with van der Waals surface area (Å²) in [6, 6.07) is 0.0213. The van der Waals surface area contributed by atoms with E-state index in [2.05, 4.69) is 10.3 Å². The van der Waals surface area contributed by atoms with Crippen molar-refractivity contribution in [1.82, 2.24) is 10.3 Å². The third-order valence-corrected chi connectivity index (χ3v) is 2.38. The lowest BCUT2D eigenvalue weighted by Gasteiger charge is -2.17. The van der Waals surface area contributed by atoms with Gasteiger partial charge >= 0.3 is 5.97 Å². The number of hydrogen-bond acceptors (Lipinski definition) is 4. The number of rotatable bonds is 4. The molecule has 6 nitrogen and oxygen atoms in total. The number of aliphatic carboxylic acids is 1. The average Bonchev–Trinajstić information content (AvgIpc) is 2.25. The molecule has 3 N–H and O–H groups in total. The predicted octanol–water partition coefficient (Wildman–Crippen LogP) is 0.299. The van der Waals surface area contributed by atoms with Crippen molar-refractivity contribution in [3.8, 4) is 0 Å². The molecule has 0 radical (unpaired) electrons. The van der Waals surface area contributed by atoms with Crippen molar-refractivity contribution >= 4 is 23.5 Å². The fourth-order valence-electron chi connectivity index (χ4n) is 1.15. The minimum atomic E-state index is -1.39. The van der Waals surface area contributed by atoms with Crippen LogP contribution >= 0.6 is 11.6 Å². The monoisotopic (exact) mass is 258 g/mol. The van der Waals surface area contributed by atoms with Gasteiger partial charge in [-0.05, 0) is 13.0 Å². The van der Waals surface area contributed by atoms with Gasteiger partial charge in [0.1, 0.15) is 0 Å². The van der Waals surface area contributed by atoms with Gasteiger partial charge in [0.05, 0.1) is 16.7 Å². The maximum absolute atomic E-state index is 11.7. The van der Waals surface area contributed by atoms with Crippen LogP contribution in [0.3, 0.4) is 0 Å².